The SMILES string of the molecule is CC[C@H](C)[C@@H]([C@@H](CC(=O)N1CCC[C@H]1[C@H](OC)[C@@H](C)C(=O)N[C@H](C)[C@@H](O)c1ccccc1)OC)N(C)C(=O)[C@@H](CC(=O)[C@H](C(C)C)N(C)C(=O)OC(C)C)C(C)C.COc1cccc2c1C(=O)c1cc3c(cc1C2=O)C[C@@](O)(C(=O)CO)C[C@@H]3O[C@H]1C[C@@H](CC(=O)OC(C)C)[C@H](O)[C@H](C)O1. The standard InChI is InChI=1S/C44H74N4O9.C32H36O11/c1-15-29(8)39(46(11)43(53)33(26(2)3)24-35(49)38(27(4)5)47(12)44(54)57-28(6)7)36(55-13)25-37(50)48-23-19-22-34(48)41(56-14)30(9)42(52)45-31(10)40(51)32-20-17-16-18-21-32;1-15(2)41-26(35)9-17-10-27(42-16(3)29(17)36)43-24-13-32(39,25(34)14-33)12-18-8-21-22(11-20(18)24)31(38)28-19(30(21)37)6-5-7-23(28)40-4/h16-18,20-21,26-31,33-34,36,38-41,51H,15,19,22-25H2,1-14H3,(H,45,52);5-8,11,15-17,24,27,29,33,36,39H,9-10,12-14H2,1-4H3/t29-,30+,31+,33-,34-,36+,38-,39-,40+,41+;16-,17+,24-,27-,29+,32-/m00/s1. The quantitative estimate of drug-likeness (QED) is 0.0308. The molecule has 24 nitrogen and oxygen atoms in total. The summed E-state index contributed by atoms with van der Waals surface area (Å²) in [6, 6.07) is 14.8. The number of rotatable bonds is 30. The first-order valence-corrected chi connectivity index (χ1v) is 35.2. The van der Waals surface area contributed by atoms with Gasteiger partial charge in [-0.05, 0) is 107 Å². The number of fused-ring (bicyclic) bond motifs is 3. The number of nitrogens with zero attached hydrogens (tertiary/aromatic N) is 3. The maximum atomic E-state index is 14.5. The van der Waals surface area contributed by atoms with Gasteiger partial charge in [0.05, 0.1) is 104 Å². The first-order valence-electron chi connectivity index (χ1n) is 35.2. The molecule has 0 unspecified atom stereocenters. The number of carbonyl (C=O) groups excluding carboxylic acids is 9. The molecule has 7 rings (SSSR count). The minimum Gasteiger partial charge on any atom is -0.496 e. The van der Waals surface area contributed by atoms with Crippen molar-refractivity contribution >= 4 is 52.9 Å². The monoisotopic (exact) mass is 1400 g/mol. The number of likely N-dealkylation sites (tertiary alicyclic amines) is 1. The summed E-state index contributed by atoms with van der Waals surface area (Å²) in [5.41, 5.74) is 0.175. The van der Waals surface area contributed by atoms with Crippen molar-refractivity contribution in [2.45, 2.75) is 233 Å². The predicted molar refractivity (Wildman–Crippen MR) is 371 cm³/mol. The molecule has 24 heteroatoms. The molecule has 554 valence electrons. The third-order valence-corrected chi connectivity index (χ3v) is 20.2. The number of hydrogen-bond acceptors (Lipinski definition) is 20. The molecule has 0 radical (unpaired) electrons. The van der Waals surface area contributed by atoms with E-state index >= 15 is 0 Å². The highest BCUT2D eigenvalue weighted by molar-refractivity contribution is 6.29. The van der Waals surface area contributed by atoms with Gasteiger partial charge in [-0.2, -0.15) is 0 Å². The Hall–Kier alpha value is -7.03. The summed E-state index contributed by atoms with van der Waals surface area (Å²) in [5, 5.41) is 45.5. The van der Waals surface area contributed by atoms with Crippen LogP contribution in [0.1, 0.15) is 202 Å². The van der Waals surface area contributed by atoms with Crippen LogP contribution < -0.4 is 10.1 Å². The fraction of sp³-hybridized carbons (Fsp3) is 0.645. The van der Waals surface area contributed by atoms with Crippen molar-refractivity contribution in [1.29, 1.82) is 0 Å². The van der Waals surface area contributed by atoms with Crippen molar-refractivity contribution < 1.29 is 96.7 Å². The summed E-state index contributed by atoms with van der Waals surface area (Å²) in [6.45, 7) is 23.3. The predicted octanol–water partition coefficient (Wildman–Crippen LogP) is 8.10. The van der Waals surface area contributed by atoms with E-state index < -0.39 is 120 Å². The molecule has 5 N–H and O–H groups in total. The van der Waals surface area contributed by atoms with E-state index in [0.29, 0.717) is 36.1 Å². The van der Waals surface area contributed by atoms with E-state index in [4.69, 9.17) is 33.2 Å². The molecule has 16 atom stereocenters. The number of aliphatic hydroxyl groups is 4. The van der Waals surface area contributed by atoms with Crippen molar-refractivity contribution in [1.82, 2.24) is 20.0 Å². The topological polar surface area (TPSA) is 321 Å². The van der Waals surface area contributed by atoms with Crippen molar-refractivity contribution in [2.24, 2.45) is 35.5 Å². The minimum absolute atomic E-state index is 0.000394. The lowest BCUT2D eigenvalue weighted by atomic mass is 9.73. The number of benzene rings is 3. The molecule has 2 fully saturated rings. The summed E-state index contributed by atoms with van der Waals surface area (Å²) >= 11 is 0. The Bertz CT molecular complexity index is 3340. The average Bonchev–Trinajstić information content (AvgIpc) is 1.13. The third-order valence-electron chi connectivity index (χ3n) is 20.2. The lowest BCUT2D eigenvalue weighted by Crippen LogP contribution is -2.55. The summed E-state index contributed by atoms with van der Waals surface area (Å²) in [4.78, 5) is 126. The van der Waals surface area contributed by atoms with E-state index in [1.807, 2.05) is 71.9 Å². The highest BCUT2D eigenvalue weighted by Crippen LogP contribution is 2.45. The van der Waals surface area contributed by atoms with Gasteiger partial charge in [0.25, 0.3) is 0 Å². The molecule has 3 aromatic rings. The molecule has 0 bridgehead atoms. The van der Waals surface area contributed by atoms with Gasteiger partial charge in [-0.25, -0.2) is 4.79 Å². The fourth-order valence-electron chi connectivity index (χ4n) is 14.6. The van der Waals surface area contributed by atoms with E-state index in [1.54, 1.807) is 111 Å². The third kappa shape index (κ3) is 19.4. The van der Waals surface area contributed by atoms with Crippen molar-refractivity contribution in [2.75, 3.05) is 48.6 Å². The Labute approximate surface area is 589 Å². The molecule has 2 saturated heterocycles. The fourth-order valence-corrected chi connectivity index (χ4v) is 14.6. The second-order valence-electron chi connectivity index (χ2n) is 28.8. The molecule has 2 aliphatic heterocycles. The number of nitrogens with one attached hydrogen (secondary N) is 1. The minimum atomic E-state index is -2.01. The van der Waals surface area contributed by atoms with Crippen LogP contribution in [0.3, 0.4) is 0 Å². The number of ketones is 4. The number of Topliss-reactive ketones (excluding diaryl/α,β-unsaturated/α-hetero) is 2. The highest BCUT2D eigenvalue weighted by Gasteiger charge is 2.49. The van der Waals surface area contributed by atoms with Crippen LogP contribution in [0.4, 0.5) is 4.79 Å². The number of likely N-dealkylation sites (N-methyl/N-ethyl adjacent to an activating group) is 2. The molecule has 3 aromatic carbocycles. The van der Waals surface area contributed by atoms with E-state index in [1.165, 1.54) is 18.1 Å². The number of aliphatic hydroxyl groups excluding tert-OH is 3. The molecular weight excluding hydrogens is 1290 g/mol. The van der Waals surface area contributed by atoms with Crippen LogP contribution in [0, 0.1) is 35.5 Å². The van der Waals surface area contributed by atoms with Gasteiger partial charge in [0.15, 0.2) is 29.4 Å². The Morgan fingerprint density at radius 2 is 1.45 bits per heavy atom. The Kier molecular flexibility index (Phi) is 29.7. The molecule has 100 heavy (non-hydrogen) atoms. The Morgan fingerprint density at radius 1 is 0.800 bits per heavy atom. The summed E-state index contributed by atoms with van der Waals surface area (Å²) < 4.78 is 40.2. The zero-order chi connectivity index (χ0) is 74.5. The number of carbonyl (C=O) groups is 9. The maximum Gasteiger partial charge on any atom is 0.410 e. The Balaban J connectivity index is 0.000000326. The maximum absolute atomic E-state index is 14.5. The van der Waals surface area contributed by atoms with Gasteiger partial charge in [0, 0.05) is 89.1 Å². The number of methoxy groups -OCH3 is 3. The zero-order valence-corrected chi connectivity index (χ0v) is 61.7. The number of amides is 4. The number of esters is 1. The molecule has 2 heterocycles. The zero-order valence-electron chi connectivity index (χ0n) is 61.7. The van der Waals surface area contributed by atoms with Crippen LogP contribution in [-0.2, 0) is 63.6 Å². The first-order chi connectivity index (χ1) is 47.1. The van der Waals surface area contributed by atoms with E-state index in [0.717, 1.165) is 6.42 Å². The first kappa shape index (κ1) is 81.9. The van der Waals surface area contributed by atoms with E-state index in [-0.39, 0.29) is 126 Å². The average molecular weight is 1400 g/mol. The van der Waals surface area contributed by atoms with Gasteiger partial charge >= 0.3 is 12.1 Å². The highest BCUT2D eigenvalue weighted by atomic mass is 16.7. The van der Waals surface area contributed by atoms with Crippen LogP contribution in [-0.4, -0.2) is 209 Å². The van der Waals surface area contributed by atoms with Crippen LogP contribution in [0.15, 0.2) is 60.7 Å². The van der Waals surface area contributed by atoms with Gasteiger partial charge in [-0.3, -0.25) is 38.4 Å². The number of hydrogen-bond donors (Lipinski definition) is 5. The van der Waals surface area contributed by atoms with Gasteiger partial charge in [-0.1, -0.05) is 97.4 Å². The normalized spacial score (nSPS) is 23.1. The molecular formula is C76H110N4O20. The second-order valence-corrected chi connectivity index (χ2v) is 28.8. The van der Waals surface area contributed by atoms with Crippen molar-refractivity contribution in [3.05, 3.63) is 99.6 Å². The van der Waals surface area contributed by atoms with Crippen LogP contribution in [0.2, 0.25) is 0 Å². The molecule has 4 amide bonds. The summed E-state index contributed by atoms with van der Waals surface area (Å²) in [6.07, 6.45) is -5.37. The molecule has 4 aliphatic rings. The largest absolute Gasteiger partial charge is 0.496 e. The second kappa shape index (κ2) is 36.2. The van der Waals surface area contributed by atoms with Gasteiger partial charge in [0.2, 0.25) is 17.7 Å². The van der Waals surface area contributed by atoms with Crippen LogP contribution in [0.25, 0.3) is 0 Å². The molecule has 0 aromatic heterocycles. The van der Waals surface area contributed by atoms with Crippen LogP contribution in [0.5, 0.6) is 5.75 Å². The smallest absolute Gasteiger partial charge is 0.410 e. The summed E-state index contributed by atoms with van der Waals surface area (Å²) in [7, 11) is 7.78. The van der Waals surface area contributed by atoms with Crippen molar-refractivity contribution in [3.8, 4) is 5.75 Å². The molecule has 2 aliphatic carbocycles. The summed E-state index contributed by atoms with van der Waals surface area (Å²) in [5.74, 6) is -5.02. The van der Waals surface area contributed by atoms with E-state index in [9.17, 15) is 63.6 Å². The Morgan fingerprint density at radius 3 is 2.03 bits per heavy atom. The lowest BCUT2D eigenvalue weighted by molar-refractivity contribution is -0.257. The van der Waals surface area contributed by atoms with E-state index in [2.05, 4.69) is 5.32 Å². The van der Waals surface area contributed by atoms with Gasteiger partial charge in [0.1, 0.15) is 18.0 Å². The molecule has 0 spiro atoms. The van der Waals surface area contributed by atoms with Gasteiger partial charge in [-0.15, -0.1) is 0 Å². The van der Waals surface area contributed by atoms with Gasteiger partial charge < -0.3 is 73.6 Å². The number of ether oxygens (including phenoxy) is 7. The van der Waals surface area contributed by atoms with Crippen molar-refractivity contribution in [3.63, 3.8) is 0 Å². The molecule has 0 saturated carbocycles. The van der Waals surface area contributed by atoms with Crippen LogP contribution >= 0.6 is 0 Å². The lowest BCUT2D eigenvalue weighted by Gasteiger charge is -2.42.